The molecule has 1 aromatic rings. The molecule has 1 unspecified atom stereocenters. The third-order valence-electron chi connectivity index (χ3n) is 3.46. The van der Waals surface area contributed by atoms with Crippen LogP contribution in [0.3, 0.4) is 0 Å². The summed E-state index contributed by atoms with van der Waals surface area (Å²) < 4.78 is 5.29. The number of nitrogens with one attached hydrogen (secondary N) is 2. The number of hydrogen-bond donors (Lipinski definition) is 2. The number of carbonyl (C=O) groups is 1. The average Bonchev–Trinajstić information content (AvgIpc) is 2.83. The van der Waals surface area contributed by atoms with Crippen molar-refractivity contribution < 1.29 is 9.21 Å². The molecule has 2 rings (SSSR count). The molecule has 0 bridgehead atoms. The maximum Gasteiger partial charge on any atom is 0.227 e. The van der Waals surface area contributed by atoms with Gasteiger partial charge in [-0.15, -0.1) is 0 Å². The van der Waals surface area contributed by atoms with Gasteiger partial charge in [0, 0.05) is 6.54 Å². The molecule has 2 N–H and O–H groups in total. The summed E-state index contributed by atoms with van der Waals surface area (Å²) in [6.45, 7) is 5.72. The van der Waals surface area contributed by atoms with E-state index in [4.69, 9.17) is 4.42 Å². The lowest BCUT2D eigenvalue weighted by molar-refractivity contribution is -0.131. The minimum atomic E-state index is -0.293. The van der Waals surface area contributed by atoms with Crippen molar-refractivity contribution in [2.75, 3.05) is 13.1 Å². The van der Waals surface area contributed by atoms with Crippen LogP contribution in [0.1, 0.15) is 38.5 Å². The van der Waals surface area contributed by atoms with Crippen LogP contribution >= 0.6 is 0 Å². The Balaban J connectivity index is 1.96. The molecule has 0 radical (unpaired) electrons. The smallest absolute Gasteiger partial charge is 0.227 e. The fourth-order valence-corrected chi connectivity index (χ4v) is 2.23. The molecule has 0 spiro atoms. The first-order valence-corrected chi connectivity index (χ1v) is 6.17. The van der Waals surface area contributed by atoms with Crippen molar-refractivity contribution in [3.05, 3.63) is 24.2 Å². The van der Waals surface area contributed by atoms with Gasteiger partial charge in [0.2, 0.25) is 5.91 Å². The van der Waals surface area contributed by atoms with Crippen molar-refractivity contribution in [1.29, 1.82) is 0 Å². The van der Waals surface area contributed by atoms with E-state index in [1.165, 1.54) is 0 Å². The van der Waals surface area contributed by atoms with E-state index in [2.05, 4.69) is 10.6 Å². The Morgan fingerprint density at radius 3 is 3.06 bits per heavy atom. The van der Waals surface area contributed by atoms with Crippen LogP contribution in [-0.2, 0) is 4.79 Å². The third kappa shape index (κ3) is 2.69. The summed E-state index contributed by atoms with van der Waals surface area (Å²) in [5, 5.41) is 6.30. The Hall–Kier alpha value is -1.29. The maximum absolute atomic E-state index is 12.2. The van der Waals surface area contributed by atoms with E-state index in [0.29, 0.717) is 0 Å². The Morgan fingerprint density at radius 2 is 2.47 bits per heavy atom. The predicted octanol–water partition coefficient (Wildman–Crippen LogP) is 1.85. The lowest BCUT2D eigenvalue weighted by Gasteiger charge is -2.33. The lowest BCUT2D eigenvalue weighted by atomic mass is 9.81. The summed E-state index contributed by atoms with van der Waals surface area (Å²) in [5.41, 5.74) is -0.293. The molecule has 0 saturated carbocycles. The maximum atomic E-state index is 12.2. The van der Waals surface area contributed by atoms with E-state index in [9.17, 15) is 4.79 Å². The Labute approximate surface area is 102 Å². The first-order valence-electron chi connectivity index (χ1n) is 6.17. The number of carbonyl (C=O) groups excluding carboxylic acids is 1. The minimum Gasteiger partial charge on any atom is -0.467 e. The van der Waals surface area contributed by atoms with Crippen LogP contribution in [0.15, 0.2) is 22.8 Å². The number of amides is 1. The van der Waals surface area contributed by atoms with Gasteiger partial charge in [-0.05, 0) is 45.4 Å². The number of hydrogen-bond acceptors (Lipinski definition) is 3. The normalized spacial score (nSPS) is 26.5. The molecular formula is C13H20N2O2. The van der Waals surface area contributed by atoms with E-state index >= 15 is 0 Å². The standard InChI is InChI=1S/C13H20N2O2/c1-10(11-5-3-8-17-11)15-12(16)13(2)6-4-7-14-9-13/h3,5,8,10,14H,4,6-7,9H2,1-2H3,(H,15,16)/t10-,13?/m0/s1. The molecule has 1 saturated heterocycles. The Kier molecular flexibility index (Phi) is 3.52. The van der Waals surface area contributed by atoms with Gasteiger partial charge in [0.1, 0.15) is 5.76 Å². The summed E-state index contributed by atoms with van der Waals surface area (Å²) >= 11 is 0. The van der Waals surface area contributed by atoms with E-state index in [0.717, 1.165) is 31.7 Å². The van der Waals surface area contributed by atoms with Crippen LogP contribution in [-0.4, -0.2) is 19.0 Å². The molecule has 1 amide bonds. The fraction of sp³-hybridized carbons (Fsp3) is 0.615. The fourth-order valence-electron chi connectivity index (χ4n) is 2.23. The highest BCUT2D eigenvalue weighted by molar-refractivity contribution is 5.82. The summed E-state index contributed by atoms with van der Waals surface area (Å²) in [6, 6.07) is 3.64. The zero-order chi connectivity index (χ0) is 12.3. The average molecular weight is 236 g/mol. The van der Waals surface area contributed by atoms with Gasteiger partial charge in [-0.3, -0.25) is 4.79 Å². The monoisotopic (exact) mass is 236 g/mol. The predicted molar refractivity (Wildman–Crippen MR) is 65.5 cm³/mol. The molecular weight excluding hydrogens is 216 g/mol. The topological polar surface area (TPSA) is 54.3 Å². The number of furan rings is 1. The summed E-state index contributed by atoms with van der Waals surface area (Å²) in [4.78, 5) is 12.2. The van der Waals surface area contributed by atoms with Crippen LogP contribution in [0.5, 0.6) is 0 Å². The van der Waals surface area contributed by atoms with Gasteiger partial charge in [-0.25, -0.2) is 0 Å². The molecule has 1 aliphatic rings. The van der Waals surface area contributed by atoms with Gasteiger partial charge < -0.3 is 15.1 Å². The van der Waals surface area contributed by atoms with Gasteiger partial charge in [-0.2, -0.15) is 0 Å². The highest BCUT2D eigenvalue weighted by atomic mass is 16.3. The van der Waals surface area contributed by atoms with Crippen LogP contribution in [0.25, 0.3) is 0 Å². The molecule has 2 heterocycles. The van der Waals surface area contributed by atoms with E-state index in [-0.39, 0.29) is 17.4 Å². The molecule has 4 heteroatoms. The van der Waals surface area contributed by atoms with Crippen molar-refractivity contribution in [2.45, 2.75) is 32.7 Å². The van der Waals surface area contributed by atoms with E-state index < -0.39 is 0 Å². The summed E-state index contributed by atoms with van der Waals surface area (Å²) in [6.07, 6.45) is 3.62. The van der Waals surface area contributed by atoms with Gasteiger partial charge >= 0.3 is 0 Å². The highest BCUT2D eigenvalue weighted by Gasteiger charge is 2.35. The van der Waals surface area contributed by atoms with E-state index in [1.807, 2.05) is 26.0 Å². The second-order valence-electron chi connectivity index (χ2n) is 5.05. The van der Waals surface area contributed by atoms with Crippen molar-refractivity contribution >= 4 is 5.91 Å². The third-order valence-corrected chi connectivity index (χ3v) is 3.46. The second kappa shape index (κ2) is 4.92. The van der Waals surface area contributed by atoms with Gasteiger partial charge in [0.05, 0.1) is 17.7 Å². The van der Waals surface area contributed by atoms with E-state index in [1.54, 1.807) is 6.26 Å². The highest BCUT2D eigenvalue weighted by Crippen LogP contribution is 2.26. The van der Waals surface area contributed by atoms with Crippen molar-refractivity contribution in [3.63, 3.8) is 0 Å². The Morgan fingerprint density at radius 1 is 1.65 bits per heavy atom. The zero-order valence-corrected chi connectivity index (χ0v) is 10.5. The molecule has 94 valence electrons. The number of piperidine rings is 1. The Bertz CT molecular complexity index is 367. The molecule has 1 fully saturated rings. The zero-order valence-electron chi connectivity index (χ0n) is 10.5. The quantitative estimate of drug-likeness (QED) is 0.842. The first-order chi connectivity index (χ1) is 8.12. The molecule has 0 aromatic carbocycles. The first kappa shape index (κ1) is 12.2. The van der Waals surface area contributed by atoms with Crippen LogP contribution in [0.2, 0.25) is 0 Å². The second-order valence-corrected chi connectivity index (χ2v) is 5.05. The SMILES string of the molecule is C[C@H](NC(=O)C1(C)CCCNC1)c1ccco1. The van der Waals surface area contributed by atoms with Crippen LogP contribution < -0.4 is 10.6 Å². The van der Waals surface area contributed by atoms with Gasteiger partial charge in [-0.1, -0.05) is 0 Å². The molecule has 1 aliphatic heterocycles. The van der Waals surface area contributed by atoms with Gasteiger partial charge in [0.15, 0.2) is 0 Å². The van der Waals surface area contributed by atoms with Gasteiger partial charge in [0.25, 0.3) is 0 Å². The molecule has 17 heavy (non-hydrogen) atoms. The molecule has 1 aromatic heterocycles. The molecule has 4 nitrogen and oxygen atoms in total. The molecule has 0 aliphatic carbocycles. The minimum absolute atomic E-state index is 0.0729. The number of rotatable bonds is 3. The summed E-state index contributed by atoms with van der Waals surface area (Å²) in [7, 11) is 0. The largest absolute Gasteiger partial charge is 0.467 e. The van der Waals surface area contributed by atoms with Crippen LogP contribution in [0.4, 0.5) is 0 Å². The van der Waals surface area contributed by atoms with Crippen molar-refractivity contribution in [1.82, 2.24) is 10.6 Å². The summed E-state index contributed by atoms with van der Waals surface area (Å²) in [5.74, 6) is 0.902. The molecule has 2 atom stereocenters. The lowest BCUT2D eigenvalue weighted by Crippen LogP contribution is -2.49. The van der Waals surface area contributed by atoms with Crippen LogP contribution in [0, 0.1) is 5.41 Å². The van der Waals surface area contributed by atoms with Crippen molar-refractivity contribution in [2.24, 2.45) is 5.41 Å². The van der Waals surface area contributed by atoms with Crippen molar-refractivity contribution in [3.8, 4) is 0 Å².